The molecule has 0 aliphatic rings. The lowest BCUT2D eigenvalue weighted by Crippen LogP contribution is -2.54. The van der Waals surface area contributed by atoms with Crippen molar-refractivity contribution in [2.24, 2.45) is 0 Å². The second-order valence-corrected chi connectivity index (χ2v) is 31.5. The molecule has 0 aromatic rings. The Morgan fingerprint density at radius 1 is 0.194 bits per heavy atom. The van der Waals surface area contributed by atoms with Crippen molar-refractivity contribution in [1.29, 1.82) is 0 Å². The maximum Gasteiger partial charge on any atom is 0.227 e. The van der Waals surface area contributed by atoms with Gasteiger partial charge < -0.3 is 0 Å². The van der Waals surface area contributed by atoms with Gasteiger partial charge >= 0.3 is 0 Å². The zero-order valence-electron chi connectivity index (χ0n) is 15.0. The average Bonchev–Trinajstić information content (AvgIpc) is 2.48. The molecular formula is C10Cl24P2. The summed E-state index contributed by atoms with van der Waals surface area (Å²) in [6.45, 7) is 0. The summed E-state index contributed by atoms with van der Waals surface area (Å²) >= 11 is 149. The molecule has 0 aromatic heterocycles. The summed E-state index contributed by atoms with van der Waals surface area (Å²) in [5.74, 6) is 0. The molecule has 218 valence electrons. The molecule has 0 amide bonds. The number of alkyl halides is 24. The van der Waals surface area contributed by atoms with Crippen LogP contribution >= 0.6 is 294 Å². The highest BCUT2D eigenvalue weighted by atomic mass is 35.6. The van der Waals surface area contributed by atoms with Gasteiger partial charge in [-0.25, -0.2) is 0 Å². The first-order valence-corrected chi connectivity index (χ1v) is 18.9. The molecule has 0 aromatic carbocycles. The van der Waals surface area contributed by atoms with Crippen LogP contribution in [0.15, 0.2) is 0 Å². The van der Waals surface area contributed by atoms with Gasteiger partial charge in [0, 0.05) is 15.8 Å². The molecule has 0 radical (unpaired) electrons. The highest BCUT2D eigenvalue weighted by Gasteiger charge is 2.80. The Kier molecular flexibility index (Phi) is 16.7. The largest absolute Gasteiger partial charge is 0.227 e. The van der Waals surface area contributed by atoms with E-state index >= 15 is 0 Å². The van der Waals surface area contributed by atoms with E-state index in [2.05, 4.69) is 0 Å². The van der Waals surface area contributed by atoms with Gasteiger partial charge in [0.25, 0.3) is 0 Å². The summed E-state index contributed by atoms with van der Waals surface area (Å²) in [4.78, 5) is 0. The number of halogens is 24. The Labute approximate surface area is 328 Å². The van der Waals surface area contributed by atoms with Crippen molar-refractivity contribution in [3.05, 3.63) is 0 Å². The molecule has 26 heteroatoms. The molecule has 36 heavy (non-hydrogen) atoms. The van der Waals surface area contributed by atoms with Crippen LogP contribution < -0.4 is 0 Å². The predicted molar refractivity (Wildman–Crippen MR) is 182 cm³/mol. The second-order valence-electron chi connectivity index (χ2n) is 5.91. The van der Waals surface area contributed by atoms with Crippen molar-refractivity contribution >= 4 is 294 Å². The van der Waals surface area contributed by atoms with Crippen LogP contribution in [0.4, 0.5) is 0 Å². The van der Waals surface area contributed by atoms with Gasteiger partial charge in [-0.3, -0.25) is 0 Å². The lowest BCUT2D eigenvalue weighted by molar-refractivity contribution is 0.924. The van der Waals surface area contributed by atoms with Gasteiger partial charge in [0.05, 0.1) is 0 Å². The van der Waals surface area contributed by atoms with E-state index in [-0.39, 0.29) is 0 Å². The number of hydrogen-bond donors (Lipinski definition) is 0. The van der Waals surface area contributed by atoms with E-state index in [1.165, 1.54) is 0 Å². The minimum Gasteiger partial charge on any atom is -0.0925 e. The Balaban J connectivity index is 7.88. The molecule has 0 bridgehead atoms. The summed E-state index contributed by atoms with van der Waals surface area (Å²) < 4.78 is -28.7. The normalized spacial score (nSPS) is 16.8. The monoisotopic (exact) mass is 1020 g/mol. The van der Waals surface area contributed by atoms with Crippen molar-refractivity contribution in [2.45, 2.75) is 39.6 Å². The third-order valence-corrected chi connectivity index (χ3v) is 26.7. The second kappa shape index (κ2) is 13.7. The van der Waals surface area contributed by atoms with Crippen LogP contribution in [0.1, 0.15) is 0 Å². The molecule has 0 N–H and O–H groups in total. The number of rotatable bonds is 7. The van der Waals surface area contributed by atoms with Gasteiger partial charge in [-0.1, -0.05) is 278 Å². The fourth-order valence-corrected chi connectivity index (χ4v) is 22.4. The Morgan fingerprint density at radius 2 is 0.306 bits per heavy atom. The molecular weight excluding hydrogens is 1030 g/mol. The molecule has 0 nitrogen and oxygen atoms in total. The maximum atomic E-state index is 6.65. The topological polar surface area (TPSA) is 0 Å². The predicted octanol–water partition coefficient (Wildman–Crippen LogP) is 16.2. The highest BCUT2D eigenvalue weighted by Crippen LogP contribution is 2.93. The van der Waals surface area contributed by atoms with Crippen LogP contribution in [0.5, 0.6) is 0 Å². The van der Waals surface area contributed by atoms with Gasteiger partial charge in [0.1, 0.15) is 0 Å². The quantitative estimate of drug-likeness (QED) is 0.176. The Hall–Kier alpha value is 7.82. The van der Waals surface area contributed by atoms with Crippen molar-refractivity contribution in [3.63, 3.8) is 0 Å². The van der Waals surface area contributed by atoms with Crippen LogP contribution in [0.25, 0.3) is 0 Å². The van der Waals surface area contributed by atoms with E-state index in [9.17, 15) is 0 Å². The third-order valence-electron chi connectivity index (χ3n) is 3.41. The van der Waals surface area contributed by atoms with Gasteiger partial charge in [-0.2, -0.15) is 0 Å². The van der Waals surface area contributed by atoms with E-state index in [1.54, 1.807) is 0 Å². The summed E-state index contributed by atoms with van der Waals surface area (Å²) in [7, 11) is -6.79. The molecule has 0 heterocycles. The van der Waals surface area contributed by atoms with Crippen LogP contribution in [-0.2, 0) is 0 Å². The summed E-state index contributed by atoms with van der Waals surface area (Å²) in [6, 6.07) is 0. The van der Waals surface area contributed by atoms with Gasteiger partial charge in [0.2, 0.25) is 15.2 Å². The van der Waals surface area contributed by atoms with Crippen molar-refractivity contribution in [3.8, 4) is 0 Å². The maximum absolute atomic E-state index is 6.65. The molecule has 0 aliphatic heterocycles. The van der Waals surface area contributed by atoms with Gasteiger partial charge in [0.15, 0.2) is 24.4 Å². The molecule has 0 saturated heterocycles. The first-order chi connectivity index (χ1) is 15.0. The molecule has 0 spiro atoms. The van der Waals surface area contributed by atoms with Crippen LogP contribution in [-0.4, -0.2) is 39.6 Å². The smallest absolute Gasteiger partial charge is 0.0925 e. The SMILES string of the molecule is ClC(Cl)(Cl)C(Cl)(Cl)P(C(Cl)(Cl)C(Cl)(Cl)Cl)C(Cl)(Cl)C(Cl)(Cl)P(C(Cl)(Cl)C(Cl)(Cl)Cl)C(Cl)(Cl)C(Cl)(Cl)Cl. The fraction of sp³-hybridized carbons (Fsp3) is 1.00. The minimum atomic E-state index is -3.39. The Morgan fingerprint density at radius 3 is 0.389 bits per heavy atom. The van der Waals surface area contributed by atoms with Crippen LogP contribution in [0.2, 0.25) is 0 Å². The van der Waals surface area contributed by atoms with E-state index in [1.807, 2.05) is 0 Å². The summed E-state index contributed by atoms with van der Waals surface area (Å²) in [5, 5.41) is 0. The molecule has 0 aliphatic carbocycles. The molecule has 0 atom stereocenters. The summed E-state index contributed by atoms with van der Waals surface area (Å²) in [6.07, 6.45) is 0. The lowest BCUT2D eigenvalue weighted by Gasteiger charge is -2.56. The molecule has 0 saturated carbocycles. The first kappa shape index (κ1) is 43.8. The molecule has 0 rings (SSSR count). The van der Waals surface area contributed by atoms with Crippen LogP contribution in [0.3, 0.4) is 0 Å². The standard InChI is InChI=1S/C10Cl24P2/c11-1(12,13)5(23,24)35(6(25,26)2(14,15)16)9(31,32)10(33,34)36(7(27,28)3(17,18)19)8(29,30)4(20,21)22. The van der Waals surface area contributed by atoms with Crippen molar-refractivity contribution in [2.75, 3.05) is 0 Å². The molecule has 0 fully saturated rings. The van der Waals surface area contributed by atoms with E-state index < -0.39 is 55.5 Å². The van der Waals surface area contributed by atoms with E-state index in [4.69, 9.17) is 278 Å². The fourth-order valence-electron chi connectivity index (χ4n) is 1.83. The first-order valence-electron chi connectivity index (χ1n) is 7.13. The summed E-state index contributed by atoms with van der Waals surface area (Å²) in [5.41, 5.74) is 0. The zero-order chi connectivity index (χ0) is 30.2. The number of hydrogen-bond acceptors (Lipinski definition) is 0. The van der Waals surface area contributed by atoms with Gasteiger partial charge in [-0.15, -0.1) is 0 Å². The molecule has 0 unspecified atom stereocenters. The van der Waals surface area contributed by atoms with Gasteiger partial charge in [-0.05, 0) is 0 Å². The minimum absolute atomic E-state index is 2.75. The van der Waals surface area contributed by atoms with Crippen LogP contribution in [0, 0.1) is 0 Å². The average molecular weight is 1030 g/mol. The van der Waals surface area contributed by atoms with E-state index in [0.717, 1.165) is 0 Å². The highest BCUT2D eigenvalue weighted by molar-refractivity contribution is 7.80. The van der Waals surface area contributed by atoms with Crippen molar-refractivity contribution in [1.82, 2.24) is 0 Å². The van der Waals surface area contributed by atoms with Crippen molar-refractivity contribution < 1.29 is 0 Å². The third kappa shape index (κ3) is 8.83. The lowest BCUT2D eigenvalue weighted by atomic mass is 10.8. The Bertz CT molecular complexity index is 659. The van der Waals surface area contributed by atoms with E-state index in [0.29, 0.717) is 0 Å². The zero-order valence-corrected chi connectivity index (χ0v) is 34.9.